The molecule has 3 N–H and O–H groups in total. The third-order valence-electron chi connectivity index (χ3n) is 3.28. The summed E-state index contributed by atoms with van der Waals surface area (Å²) in [5.74, 6) is -0.285. The van der Waals surface area contributed by atoms with Crippen molar-refractivity contribution in [1.29, 1.82) is 0 Å². The van der Waals surface area contributed by atoms with E-state index in [4.69, 9.17) is 0 Å². The zero-order chi connectivity index (χ0) is 18.2. The van der Waals surface area contributed by atoms with E-state index in [0.717, 1.165) is 29.2 Å². The lowest BCUT2D eigenvalue weighted by atomic mass is 10.1. The van der Waals surface area contributed by atoms with E-state index in [0.29, 0.717) is 10.0 Å². The molecule has 0 unspecified atom stereocenters. The fourth-order valence-electron chi connectivity index (χ4n) is 1.84. The first-order valence-electron chi connectivity index (χ1n) is 7.86. The van der Waals surface area contributed by atoms with Crippen molar-refractivity contribution in [3.8, 4) is 0 Å². The van der Waals surface area contributed by atoms with Gasteiger partial charge >= 0.3 is 6.03 Å². The lowest BCUT2D eigenvalue weighted by molar-refractivity contribution is -0.117. The topological polar surface area (TPSA) is 96.0 Å². The van der Waals surface area contributed by atoms with Crippen molar-refractivity contribution in [2.45, 2.75) is 31.5 Å². The highest BCUT2D eigenvalue weighted by molar-refractivity contribution is 8.01. The van der Waals surface area contributed by atoms with Gasteiger partial charge in [-0.1, -0.05) is 36.1 Å². The number of hydrogen-bond donors (Lipinski definition) is 3. The number of amides is 3. The van der Waals surface area contributed by atoms with Crippen molar-refractivity contribution in [2.75, 3.05) is 22.9 Å². The molecule has 134 valence electrons. The Hall–Kier alpha value is -2.13. The zero-order valence-corrected chi connectivity index (χ0v) is 16.0. The van der Waals surface area contributed by atoms with Gasteiger partial charge in [-0.3, -0.25) is 10.1 Å². The molecular weight excluding hydrogens is 358 g/mol. The van der Waals surface area contributed by atoms with Crippen LogP contribution in [-0.2, 0) is 4.79 Å². The number of thioether (sulfide) groups is 1. The lowest BCUT2D eigenvalue weighted by Gasteiger charge is -2.08. The third-order valence-corrected chi connectivity index (χ3v) is 5.29. The van der Waals surface area contributed by atoms with E-state index in [1.807, 2.05) is 26.0 Å². The number of imide groups is 1. The quantitative estimate of drug-likeness (QED) is 0.638. The fourth-order valence-corrected chi connectivity index (χ4v) is 3.42. The summed E-state index contributed by atoms with van der Waals surface area (Å²) in [6.45, 7) is 6.86. The average molecular weight is 380 g/mol. The van der Waals surface area contributed by atoms with Crippen LogP contribution in [0.4, 0.5) is 15.6 Å². The first-order chi connectivity index (χ1) is 12.0. The van der Waals surface area contributed by atoms with Crippen molar-refractivity contribution in [1.82, 2.24) is 15.5 Å². The highest BCUT2D eigenvalue weighted by Gasteiger charge is 2.11. The molecule has 9 heteroatoms. The number of rotatable bonds is 7. The van der Waals surface area contributed by atoms with Crippen LogP contribution in [0, 0.1) is 13.8 Å². The maximum Gasteiger partial charge on any atom is 0.325 e. The second kappa shape index (κ2) is 9.38. The SMILES string of the molecule is CCCNc1nnc(SCC(=O)NC(=O)Nc2ccc(C)c(C)c2)s1. The van der Waals surface area contributed by atoms with Crippen LogP contribution in [0.5, 0.6) is 0 Å². The normalized spacial score (nSPS) is 10.4. The molecule has 25 heavy (non-hydrogen) atoms. The van der Waals surface area contributed by atoms with Gasteiger partial charge in [-0.15, -0.1) is 10.2 Å². The van der Waals surface area contributed by atoms with Crippen molar-refractivity contribution < 1.29 is 9.59 Å². The van der Waals surface area contributed by atoms with Crippen LogP contribution >= 0.6 is 23.1 Å². The maximum atomic E-state index is 11.9. The molecule has 3 amide bonds. The average Bonchev–Trinajstić information content (AvgIpc) is 3.02. The summed E-state index contributed by atoms with van der Waals surface area (Å²) >= 11 is 2.64. The molecule has 1 aromatic carbocycles. The first kappa shape index (κ1) is 19.2. The minimum Gasteiger partial charge on any atom is -0.360 e. The van der Waals surface area contributed by atoms with Gasteiger partial charge < -0.3 is 10.6 Å². The van der Waals surface area contributed by atoms with Gasteiger partial charge in [-0.25, -0.2) is 4.79 Å². The number of urea groups is 1. The van der Waals surface area contributed by atoms with Crippen LogP contribution in [0.25, 0.3) is 0 Å². The van der Waals surface area contributed by atoms with Gasteiger partial charge in [0.25, 0.3) is 0 Å². The number of carbonyl (C=O) groups excluding carboxylic acids is 2. The highest BCUT2D eigenvalue weighted by Crippen LogP contribution is 2.25. The summed E-state index contributed by atoms with van der Waals surface area (Å²) in [5.41, 5.74) is 2.86. The number of carbonyl (C=O) groups is 2. The van der Waals surface area contributed by atoms with Gasteiger partial charge in [0.1, 0.15) is 0 Å². The van der Waals surface area contributed by atoms with Crippen molar-refractivity contribution >= 4 is 45.9 Å². The Balaban J connectivity index is 1.76. The molecule has 0 spiro atoms. The smallest absolute Gasteiger partial charge is 0.325 e. The van der Waals surface area contributed by atoms with E-state index in [1.54, 1.807) is 6.07 Å². The van der Waals surface area contributed by atoms with E-state index < -0.39 is 6.03 Å². The number of hydrogen-bond acceptors (Lipinski definition) is 7. The largest absolute Gasteiger partial charge is 0.360 e. The first-order valence-corrected chi connectivity index (χ1v) is 9.66. The van der Waals surface area contributed by atoms with Crippen molar-refractivity contribution in [3.63, 3.8) is 0 Å². The minimum absolute atomic E-state index is 0.1000. The Labute approximate surface area is 155 Å². The van der Waals surface area contributed by atoms with Gasteiger partial charge in [0, 0.05) is 12.2 Å². The molecule has 7 nitrogen and oxygen atoms in total. The number of aromatic nitrogens is 2. The summed E-state index contributed by atoms with van der Waals surface area (Å²) in [5, 5.41) is 16.8. The second-order valence-corrected chi connectivity index (χ2v) is 7.59. The van der Waals surface area contributed by atoms with E-state index in [2.05, 4.69) is 33.1 Å². The molecule has 0 bridgehead atoms. The summed E-state index contributed by atoms with van der Waals surface area (Å²) in [4.78, 5) is 23.7. The monoisotopic (exact) mass is 379 g/mol. The van der Waals surface area contributed by atoms with Gasteiger partial charge in [0.05, 0.1) is 5.75 Å². The van der Waals surface area contributed by atoms with Crippen LogP contribution in [0.2, 0.25) is 0 Å². The number of nitrogens with zero attached hydrogens (tertiary/aromatic N) is 2. The van der Waals surface area contributed by atoms with E-state index in [9.17, 15) is 9.59 Å². The van der Waals surface area contributed by atoms with Gasteiger partial charge in [-0.2, -0.15) is 0 Å². The summed E-state index contributed by atoms with van der Waals surface area (Å²) in [6.07, 6.45) is 1.00. The molecule has 2 rings (SSSR count). The van der Waals surface area contributed by atoms with Crippen LogP contribution in [-0.4, -0.2) is 34.4 Å². The molecule has 0 atom stereocenters. The molecule has 0 saturated carbocycles. The molecule has 0 aliphatic heterocycles. The zero-order valence-electron chi connectivity index (χ0n) is 14.4. The minimum atomic E-state index is -0.545. The summed E-state index contributed by atoms with van der Waals surface area (Å²) in [7, 11) is 0. The predicted octanol–water partition coefficient (Wildman–Crippen LogP) is 3.42. The Bertz CT molecular complexity index is 748. The van der Waals surface area contributed by atoms with Crippen molar-refractivity contribution in [2.24, 2.45) is 0 Å². The van der Waals surface area contributed by atoms with E-state index >= 15 is 0 Å². The Morgan fingerprint density at radius 2 is 2.00 bits per heavy atom. The van der Waals surface area contributed by atoms with E-state index in [-0.39, 0.29) is 11.7 Å². The predicted molar refractivity (Wildman–Crippen MR) is 102 cm³/mol. The van der Waals surface area contributed by atoms with Crippen LogP contribution in [0.15, 0.2) is 22.5 Å². The number of anilines is 2. The Morgan fingerprint density at radius 3 is 2.72 bits per heavy atom. The van der Waals surface area contributed by atoms with Gasteiger partial charge in [-0.05, 0) is 43.5 Å². The standard InChI is InChI=1S/C16H21N5O2S2/c1-4-7-17-15-20-21-16(25-15)24-9-13(22)19-14(23)18-12-6-5-10(2)11(3)8-12/h5-6,8H,4,7,9H2,1-3H3,(H,17,20)(H2,18,19,22,23). The van der Waals surface area contributed by atoms with Crippen LogP contribution in [0.3, 0.4) is 0 Å². The maximum absolute atomic E-state index is 11.9. The summed E-state index contributed by atoms with van der Waals surface area (Å²) < 4.78 is 0.684. The number of benzene rings is 1. The molecule has 0 aliphatic carbocycles. The number of aryl methyl sites for hydroxylation is 2. The highest BCUT2D eigenvalue weighted by atomic mass is 32.2. The molecular formula is C16H21N5O2S2. The molecule has 2 aromatic rings. The van der Waals surface area contributed by atoms with Gasteiger partial charge in [0.15, 0.2) is 4.34 Å². The van der Waals surface area contributed by atoms with Crippen LogP contribution < -0.4 is 16.0 Å². The molecule has 0 fully saturated rings. The lowest BCUT2D eigenvalue weighted by Crippen LogP contribution is -2.35. The third kappa shape index (κ3) is 6.35. The molecule has 0 saturated heterocycles. The molecule has 0 aliphatic rings. The fraction of sp³-hybridized carbons (Fsp3) is 0.375. The molecule has 0 radical (unpaired) electrons. The second-order valence-electron chi connectivity index (χ2n) is 5.39. The van der Waals surface area contributed by atoms with Gasteiger partial charge in [0.2, 0.25) is 11.0 Å². The summed E-state index contributed by atoms with van der Waals surface area (Å²) in [6, 6.07) is 5.03. The number of nitrogens with one attached hydrogen (secondary N) is 3. The molecule has 1 heterocycles. The Kier molecular flexibility index (Phi) is 7.20. The van der Waals surface area contributed by atoms with Crippen LogP contribution in [0.1, 0.15) is 24.5 Å². The Morgan fingerprint density at radius 1 is 1.20 bits per heavy atom. The van der Waals surface area contributed by atoms with E-state index in [1.165, 1.54) is 23.1 Å². The van der Waals surface area contributed by atoms with Crippen molar-refractivity contribution in [3.05, 3.63) is 29.3 Å². The molecule has 1 aromatic heterocycles.